The van der Waals surface area contributed by atoms with Gasteiger partial charge >= 0.3 is 5.97 Å². The Morgan fingerprint density at radius 2 is 2.00 bits per heavy atom. The van der Waals surface area contributed by atoms with Gasteiger partial charge in [0, 0.05) is 6.08 Å². The Morgan fingerprint density at radius 1 is 1.30 bits per heavy atom. The monoisotopic (exact) mass is 316 g/mol. The number of fused-ring (bicyclic) bond motifs is 1. The summed E-state index contributed by atoms with van der Waals surface area (Å²) in [6.45, 7) is 10.7. The average Bonchev–Trinajstić information content (AvgIpc) is 2.77. The molecule has 0 radical (unpaired) electrons. The maximum atomic E-state index is 10.6. The first-order valence-corrected chi connectivity index (χ1v) is 8.31. The van der Waals surface area contributed by atoms with Crippen molar-refractivity contribution < 1.29 is 14.6 Å². The third-order valence-corrected chi connectivity index (χ3v) is 4.98. The first-order chi connectivity index (χ1) is 10.6. The fraction of sp³-hybridized carbons (Fsp3) is 0.550. The molecule has 23 heavy (non-hydrogen) atoms. The summed E-state index contributed by atoms with van der Waals surface area (Å²) < 4.78 is 6.37. The molecule has 1 fully saturated rings. The van der Waals surface area contributed by atoms with Gasteiger partial charge in [-0.3, -0.25) is 0 Å². The highest BCUT2D eigenvalue weighted by Gasteiger charge is 2.47. The largest absolute Gasteiger partial charge is 0.478 e. The highest BCUT2D eigenvalue weighted by atomic mass is 16.5. The van der Waals surface area contributed by atoms with Crippen molar-refractivity contribution in [1.82, 2.24) is 0 Å². The van der Waals surface area contributed by atoms with Gasteiger partial charge in [0.25, 0.3) is 0 Å². The molecule has 1 N–H and O–H groups in total. The predicted octanol–water partition coefficient (Wildman–Crippen LogP) is 4.81. The zero-order chi connectivity index (χ0) is 17.3. The van der Waals surface area contributed by atoms with Crippen molar-refractivity contribution in [2.24, 2.45) is 5.41 Å². The predicted molar refractivity (Wildman–Crippen MR) is 93.3 cm³/mol. The molecule has 2 aliphatic rings. The molecular formula is C20H28O3. The fourth-order valence-electron chi connectivity index (χ4n) is 3.76. The highest BCUT2D eigenvalue weighted by molar-refractivity contribution is 5.81. The molecule has 1 aliphatic carbocycles. The molecule has 2 rings (SSSR count). The first-order valence-electron chi connectivity index (χ1n) is 8.31. The van der Waals surface area contributed by atoms with E-state index in [0.29, 0.717) is 5.57 Å². The molecular weight excluding hydrogens is 288 g/mol. The second-order valence-corrected chi connectivity index (χ2v) is 7.58. The minimum absolute atomic E-state index is 0.0146. The Hall–Kier alpha value is -1.61. The molecule has 1 heterocycles. The molecule has 0 amide bonds. The smallest absolute Gasteiger partial charge is 0.328 e. The molecule has 3 nitrogen and oxygen atoms in total. The van der Waals surface area contributed by atoms with Gasteiger partial charge in [0.1, 0.15) is 0 Å². The van der Waals surface area contributed by atoms with E-state index < -0.39 is 5.97 Å². The van der Waals surface area contributed by atoms with E-state index in [1.807, 2.05) is 12.2 Å². The lowest BCUT2D eigenvalue weighted by Gasteiger charge is -2.42. The van der Waals surface area contributed by atoms with Crippen LogP contribution in [0.25, 0.3) is 0 Å². The Labute approximate surface area is 139 Å². The number of aliphatic carboxylic acids is 1. The normalized spacial score (nSPS) is 31.2. The van der Waals surface area contributed by atoms with E-state index in [0.717, 1.165) is 12.0 Å². The summed E-state index contributed by atoms with van der Waals surface area (Å²) in [5.41, 5.74) is 3.36. The van der Waals surface area contributed by atoms with E-state index in [-0.39, 0.29) is 17.1 Å². The summed E-state index contributed by atoms with van der Waals surface area (Å²) in [7, 11) is 0. The topological polar surface area (TPSA) is 46.5 Å². The number of carbonyl (C=O) groups is 1. The van der Waals surface area contributed by atoms with Crippen LogP contribution in [0.5, 0.6) is 0 Å². The summed E-state index contributed by atoms with van der Waals surface area (Å²) in [5, 5.41) is 8.71. The number of carboxylic acids is 1. The quantitative estimate of drug-likeness (QED) is 0.460. The van der Waals surface area contributed by atoms with Crippen LogP contribution < -0.4 is 0 Å². The molecule has 3 heteroatoms. The Balaban J connectivity index is 2.14. The Morgan fingerprint density at radius 3 is 2.61 bits per heavy atom. The molecule has 0 aromatic rings. The van der Waals surface area contributed by atoms with Gasteiger partial charge in [0.2, 0.25) is 0 Å². The molecule has 0 spiro atoms. The maximum absolute atomic E-state index is 10.6. The van der Waals surface area contributed by atoms with Crippen molar-refractivity contribution in [2.75, 3.05) is 0 Å². The van der Waals surface area contributed by atoms with E-state index in [4.69, 9.17) is 9.84 Å². The molecule has 0 saturated heterocycles. The summed E-state index contributed by atoms with van der Waals surface area (Å²) >= 11 is 0. The van der Waals surface area contributed by atoms with Gasteiger partial charge in [-0.05, 0) is 68.2 Å². The van der Waals surface area contributed by atoms with Crippen LogP contribution in [0.4, 0.5) is 0 Å². The minimum atomic E-state index is -0.920. The van der Waals surface area contributed by atoms with Gasteiger partial charge in [-0.1, -0.05) is 32.1 Å². The fourth-order valence-corrected chi connectivity index (χ4v) is 3.76. The van der Waals surface area contributed by atoms with Crippen molar-refractivity contribution in [3.8, 4) is 0 Å². The summed E-state index contributed by atoms with van der Waals surface area (Å²) in [6, 6.07) is 0. The van der Waals surface area contributed by atoms with Crippen LogP contribution in [0.3, 0.4) is 0 Å². The molecule has 0 aromatic carbocycles. The van der Waals surface area contributed by atoms with Gasteiger partial charge in [-0.15, -0.1) is 0 Å². The minimum Gasteiger partial charge on any atom is -0.478 e. The van der Waals surface area contributed by atoms with Crippen LogP contribution in [0.1, 0.15) is 53.9 Å². The molecule has 126 valence electrons. The molecule has 1 aliphatic heterocycles. The third kappa shape index (κ3) is 4.03. The summed E-state index contributed by atoms with van der Waals surface area (Å²) in [5.74, 6) is -0.920. The first kappa shape index (κ1) is 17.7. The SMILES string of the molecule is CC(/C=C/C=C(\C)[C@H]1C=C2C(C)(C)CCC[C@]2(C)O1)=C\C(=O)O. The lowest BCUT2D eigenvalue weighted by atomic mass is 9.67. The van der Waals surface area contributed by atoms with Gasteiger partial charge < -0.3 is 9.84 Å². The van der Waals surface area contributed by atoms with Crippen molar-refractivity contribution in [3.63, 3.8) is 0 Å². The number of rotatable bonds is 4. The van der Waals surface area contributed by atoms with Crippen LogP contribution in [0, 0.1) is 5.41 Å². The summed E-state index contributed by atoms with van der Waals surface area (Å²) in [6.07, 6.45) is 12.7. The lowest BCUT2D eigenvalue weighted by molar-refractivity contribution is -0.131. The second kappa shape index (κ2) is 6.48. The van der Waals surface area contributed by atoms with Crippen LogP contribution in [-0.2, 0) is 9.53 Å². The number of allylic oxidation sites excluding steroid dienone is 4. The van der Waals surface area contributed by atoms with Crippen molar-refractivity contribution >= 4 is 5.97 Å². The van der Waals surface area contributed by atoms with Crippen LogP contribution >= 0.6 is 0 Å². The van der Waals surface area contributed by atoms with E-state index in [2.05, 4.69) is 33.8 Å². The number of carboxylic acid groups (broad SMARTS) is 1. The third-order valence-electron chi connectivity index (χ3n) is 4.98. The van der Waals surface area contributed by atoms with E-state index >= 15 is 0 Å². The second-order valence-electron chi connectivity index (χ2n) is 7.58. The zero-order valence-electron chi connectivity index (χ0n) is 14.8. The van der Waals surface area contributed by atoms with E-state index in [9.17, 15) is 4.79 Å². The van der Waals surface area contributed by atoms with E-state index in [1.54, 1.807) is 13.0 Å². The van der Waals surface area contributed by atoms with Gasteiger partial charge in [0.05, 0.1) is 11.7 Å². The van der Waals surface area contributed by atoms with Gasteiger partial charge in [-0.2, -0.15) is 0 Å². The number of ether oxygens (including phenoxy) is 1. The van der Waals surface area contributed by atoms with E-state index in [1.165, 1.54) is 24.5 Å². The van der Waals surface area contributed by atoms with Crippen molar-refractivity contribution in [3.05, 3.63) is 47.1 Å². The average molecular weight is 316 g/mol. The Bertz CT molecular complexity index is 604. The zero-order valence-corrected chi connectivity index (χ0v) is 14.8. The van der Waals surface area contributed by atoms with Crippen LogP contribution in [0.2, 0.25) is 0 Å². The molecule has 2 atom stereocenters. The van der Waals surface area contributed by atoms with Crippen LogP contribution in [-0.4, -0.2) is 22.8 Å². The van der Waals surface area contributed by atoms with Crippen LogP contribution in [0.15, 0.2) is 47.1 Å². The Kier molecular flexibility index (Phi) is 5.00. The maximum Gasteiger partial charge on any atom is 0.328 e. The van der Waals surface area contributed by atoms with Crippen molar-refractivity contribution in [2.45, 2.75) is 65.6 Å². The lowest BCUT2D eigenvalue weighted by Crippen LogP contribution is -2.39. The van der Waals surface area contributed by atoms with Gasteiger partial charge in [-0.25, -0.2) is 4.79 Å². The van der Waals surface area contributed by atoms with Gasteiger partial charge in [0.15, 0.2) is 0 Å². The molecule has 1 saturated carbocycles. The number of hydrogen-bond acceptors (Lipinski definition) is 2. The van der Waals surface area contributed by atoms with Crippen molar-refractivity contribution in [1.29, 1.82) is 0 Å². The highest BCUT2D eigenvalue weighted by Crippen LogP contribution is 2.51. The molecule has 0 aromatic heterocycles. The molecule has 0 unspecified atom stereocenters. The summed E-state index contributed by atoms with van der Waals surface area (Å²) in [4.78, 5) is 10.6. The molecule has 0 bridgehead atoms. The number of hydrogen-bond donors (Lipinski definition) is 1. The standard InChI is InChI=1S/C20H28O3/c1-14(12-18(21)22)8-6-9-15(2)16-13-17-19(3,4)10-7-11-20(17,5)23-16/h6,8-9,12-13,16H,7,10-11H2,1-5H3,(H,21,22)/b8-6+,14-12+,15-9+/t16-,20+/m1/s1.